The molecule has 0 aliphatic rings. The van der Waals surface area contributed by atoms with Crippen molar-refractivity contribution < 1.29 is 9.26 Å². The van der Waals surface area contributed by atoms with Gasteiger partial charge in [0.1, 0.15) is 12.4 Å². The van der Waals surface area contributed by atoms with Crippen molar-refractivity contribution in [1.29, 1.82) is 0 Å². The summed E-state index contributed by atoms with van der Waals surface area (Å²) < 4.78 is 10.8. The minimum atomic E-state index is -0.0589. The molecule has 1 atom stereocenters. The quantitative estimate of drug-likeness (QED) is 0.901. The molecule has 0 radical (unpaired) electrons. The van der Waals surface area contributed by atoms with E-state index in [1.54, 1.807) is 0 Å². The third-order valence-corrected chi connectivity index (χ3v) is 2.70. The van der Waals surface area contributed by atoms with Crippen LogP contribution >= 0.6 is 0 Å². The first-order chi connectivity index (χ1) is 8.56. The van der Waals surface area contributed by atoms with Crippen LogP contribution < -0.4 is 10.5 Å². The van der Waals surface area contributed by atoms with Crippen LogP contribution in [0.25, 0.3) is 0 Å². The van der Waals surface area contributed by atoms with Crippen molar-refractivity contribution >= 4 is 0 Å². The van der Waals surface area contributed by atoms with Crippen LogP contribution in [0.1, 0.15) is 35.5 Å². The zero-order valence-corrected chi connectivity index (χ0v) is 10.9. The van der Waals surface area contributed by atoms with E-state index in [0.717, 1.165) is 17.0 Å². The van der Waals surface area contributed by atoms with Crippen molar-refractivity contribution in [1.82, 2.24) is 5.16 Å². The molecule has 1 heterocycles. The molecule has 0 aliphatic heterocycles. The molecule has 2 N–H and O–H groups in total. The van der Waals surface area contributed by atoms with E-state index in [1.165, 1.54) is 5.56 Å². The average molecular weight is 246 g/mol. The predicted molar refractivity (Wildman–Crippen MR) is 69.4 cm³/mol. The zero-order valence-electron chi connectivity index (χ0n) is 10.9. The largest absolute Gasteiger partial charge is 0.485 e. The highest BCUT2D eigenvalue weighted by Gasteiger charge is 2.09. The van der Waals surface area contributed by atoms with E-state index in [4.69, 9.17) is 15.0 Å². The predicted octanol–water partition coefficient (Wildman–Crippen LogP) is 2.89. The number of benzene rings is 1. The average Bonchev–Trinajstić information content (AvgIpc) is 2.73. The molecular formula is C14H18N2O2. The number of nitrogens with two attached hydrogens (primary N) is 1. The Bertz CT molecular complexity index is 532. The Balaban J connectivity index is 2.13. The molecule has 0 saturated carbocycles. The van der Waals surface area contributed by atoms with Gasteiger partial charge in [0.2, 0.25) is 0 Å². The lowest BCUT2D eigenvalue weighted by molar-refractivity contribution is 0.246. The first-order valence-corrected chi connectivity index (χ1v) is 5.97. The third kappa shape index (κ3) is 2.90. The lowest BCUT2D eigenvalue weighted by Gasteiger charge is -2.13. The van der Waals surface area contributed by atoms with Gasteiger partial charge >= 0.3 is 0 Å². The van der Waals surface area contributed by atoms with Gasteiger partial charge < -0.3 is 15.0 Å². The first-order valence-electron chi connectivity index (χ1n) is 5.97. The van der Waals surface area contributed by atoms with Crippen molar-refractivity contribution in [2.24, 2.45) is 5.73 Å². The Kier molecular flexibility index (Phi) is 3.67. The number of aryl methyl sites for hydroxylation is 2. The van der Waals surface area contributed by atoms with Gasteiger partial charge in [-0.3, -0.25) is 0 Å². The number of rotatable bonds is 4. The lowest BCUT2D eigenvalue weighted by atomic mass is 10.1. The molecule has 0 amide bonds. The second-order valence-electron chi connectivity index (χ2n) is 4.55. The standard InChI is InChI=1S/C14H18N2O2/c1-9-4-5-14(13(6-9)11(3)15)17-8-12-7-10(2)16-18-12/h4-7,11H,8,15H2,1-3H3/t11-/m1/s1. The van der Waals surface area contributed by atoms with E-state index in [-0.39, 0.29) is 6.04 Å². The topological polar surface area (TPSA) is 61.3 Å². The van der Waals surface area contributed by atoms with Crippen LogP contribution in [0.4, 0.5) is 0 Å². The molecule has 96 valence electrons. The maximum Gasteiger partial charge on any atom is 0.174 e. The minimum Gasteiger partial charge on any atom is -0.485 e. The molecule has 0 bridgehead atoms. The molecule has 4 nitrogen and oxygen atoms in total. The van der Waals surface area contributed by atoms with Gasteiger partial charge in [0.25, 0.3) is 0 Å². The van der Waals surface area contributed by atoms with Crippen LogP contribution in [0.5, 0.6) is 5.75 Å². The number of hydrogen-bond acceptors (Lipinski definition) is 4. The smallest absolute Gasteiger partial charge is 0.174 e. The molecule has 1 aromatic heterocycles. The highest BCUT2D eigenvalue weighted by Crippen LogP contribution is 2.25. The molecule has 4 heteroatoms. The molecule has 0 aliphatic carbocycles. The summed E-state index contributed by atoms with van der Waals surface area (Å²) in [4.78, 5) is 0. The molecule has 0 fully saturated rings. The fraction of sp³-hybridized carbons (Fsp3) is 0.357. The zero-order chi connectivity index (χ0) is 13.1. The van der Waals surface area contributed by atoms with E-state index in [9.17, 15) is 0 Å². The molecular weight excluding hydrogens is 228 g/mol. The number of nitrogens with zero attached hydrogens (tertiary/aromatic N) is 1. The van der Waals surface area contributed by atoms with Crippen molar-refractivity contribution in [3.63, 3.8) is 0 Å². The van der Waals surface area contributed by atoms with Crippen LogP contribution in [0.2, 0.25) is 0 Å². The van der Waals surface area contributed by atoms with Crippen LogP contribution in [-0.2, 0) is 6.61 Å². The summed E-state index contributed by atoms with van der Waals surface area (Å²) in [5, 5.41) is 3.82. The van der Waals surface area contributed by atoms with Gasteiger partial charge in [-0.05, 0) is 26.8 Å². The van der Waals surface area contributed by atoms with E-state index in [0.29, 0.717) is 12.4 Å². The summed E-state index contributed by atoms with van der Waals surface area (Å²) in [5.74, 6) is 1.51. The van der Waals surface area contributed by atoms with Gasteiger partial charge in [-0.1, -0.05) is 22.9 Å². The molecule has 0 saturated heterocycles. The summed E-state index contributed by atoms with van der Waals surface area (Å²) in [5.41, 5.74) is 8.97. The SMILES string of the molecule is Cc1ccc(OCc2cc(C)no2)c([C@@H](C)N)c1. The van der Waals surface area contributed by atoms with Crippen LogP contribution in [-0.4, -0.2) is 5.16 Å². The van der Waals surface area contributed by atoms with E-state index in [1.807, 2.05) is 45.0 Å². The monoisotopic (exact) mass is 246 g/mol. The van der Waals surface area contributed by atoms with E-state index >= 15 is 0 Å². The summed E-state index contributed by atoms with van der Waals surface area (Å²) >= 11 is 0. The van der Waals surface area contributed by atoms with Crippen molar-refractivity contribution in [2.75, 3.05) is 0 Å². The third-order valence-electron chi connectivity index (χ3n) is 2.70. The normalized spacial score (nSPS) is 12.4. The summed E-state index contributed by atoms with van der Waals surface area (Å²) in [6.45, 7) is 6.23. The molecule has 18 heavy (non-hydrogen) atoms. The van der Waals surface area contributed by atoms with Crippen molar-refractivity contribution in [2.45, 2.75) is 33.4 Å². The lowest BCUT2D eigenvalue weighted by Crippen LogP contribution is -2.08. The van der Waals surface area contributed by atoms with Gasteiger partial charge in [0.05, 0.1) is 5.69 Å². The second-order valence-corrected chi connectivity index (χ2v) is 4.55. The Hall–Kier alpha value is -1.81. The van der Waals surface area contributed by atoms with Gasteiger partial charge in [0.15, 0.2) is 5.76 Å². The fourth-order valence-electron chi connectivity index (χ4n) is 1.79. The number of ether oxygens (including phenoxy) is 1. The molecule has 1 aromatic carbocycles. The van der Waals surface area contributed by atoms with Gasteiger partial charge in [-0.25, -0.2) is 0 Å². The highest BCUT2D eigenvalue weighted by atomic mass is 16.5. The summed E-state index contributed by atoms with van der Waals surface area (Å²) in [6, 6.07) is 7.80. The first kappa shape index (κ1) is 12.6. The number of hydrogen-bond donors (Lipinski definition) is 1. The van der Waals surface area contributed by atoms with Crippen LogP contribution in [0, 0.1) is 13.8 Å². The maximum atomic E-state index is 5.94. The number of aromatic nitrogens is 1. The summed E-state index contributed by atoms with van der Waals surface area (Å²) in [7, 11) is 0. The maximum absolute atomic E-state index is 5.94. The minimum absolute atomic E-state index is 0.0589. The van der Waals surface area contributed by atoms with Gasteiger partial charge in [-0.15, -0.1) is 0 Å². The Morgan fingerprint density at radius 1 is 1.33 bits per heavy atom. The second kappa shape index (κ2) is 5.23. The molecule has 0 spiro atoms. The summed E-state index contributed by atoms with van der Waals surface area (Å²) in [6.07, 6.45) is 0. The van der Waals surface area contributed by atoms with Gasteiger partial charge in [-0.2, -0.15) is 0 Å². The van der Waals surface area contributed by atoms with Crippen molar-refractivity contribution in [3.05, 3.63) is 46.8 Å². The van der Waals surface area contributed by atoms with E-state index in [2.05, 4.69) is 5.16 Å². The van der Waals surface area contributed by atoms with E-state index < -0.39 is 0 Å². The molecule has 2 rings (SSSR count). The van der Waals surface area contributed by atoms with Crippen LogP contribution in [0.15, 0.2) is 28.8 Å². The van der Waals surface area contributed by atoms with Crippen LogP contribution in [0.3, 0.4) is 0 Å². The van der Waals surface area contributed by atoms with Crippen molar-refractivity contribution in [3.8, 4) is 5.75 Å². The van der Waals surface area contributed by atoms with Gasteiger partial charge in [0, 0.05) is 17.7 Å². The molecule has 2 aromatic rings. The Labute approximate surface area is 107 Å². The Morgan fingerprint density at radius 3 is 2.72 bits per heavy atom. The molecule has 0 unspecified atom stereocenters. The fourth-order valence-corrected chi connectivity index (χ4v) is 1.79. The highest BCUT2D eigenvalue weighted by molar-refractivity contribution is 5.38. The Morgan fingerprint density at radius 2 is 2.11 bits per heavy atom.